The van der Waals surface area contributed by atoms with Crippen LogP contribution in [0.15, 0.2) is 0 Å². The molecule has 0 bridgehead atoms. The zero-order valence-corrected chi connectivity index (χ0v) is 20.9. The lowest BCUT2D eigenvalue weighted by Crippen LogP contribution is -2.28. The maximum atomic E-state index is 11.9. The smallest absolute Gasteiger partial charge is 0.385 e. The first-order chi connectivity index (χ1) is 17.6. The van der Waals surface area contributed by atoms with Crippen molar-refractivity contribution in [2.45, 2.75) is 83.7 Å². The van der Waals surface area contributed by atoms with Crippen LogP contribution in [0.25, 0.3) is 0 Å². The molecule has 36 heavy (non-hydrogen) atoms. The van der Waals surface area contributed by atoms with Crippen molar-refractivity contribution in [2.24, 2.45) is 0 Å². The van der Waals surface area contributed by atoms with Crippen LogP contribution in [-0.2, 0) is 19.1 Å². The van der Waals surface area contributed by atoms with Gasteiger partial charge in [0.2, 0.25) is 0 Å². The van der Waals surface area contributed by atoms with Crippen LogP contribution < -0.4 is 0 Å². The SMILES string of the molecule is C#CC#CC#CC#CC#CC#CC#CC(=O)OC[C@H](CO)OC(=O)CCCCCCCCCCCC. The summed E-state index contributed by atoms with van der Waals surface area (Å²) in [6.07, 6.45) is 16.0. The van der Waals surface area contributed by atoms with Gasteiger partial charge in [0.25, 0.3) is 0 Å². The van der Waals surface area contributed by atoms with Gasteiger partial charge in [0, 0.05) is 12.3 Å². The van der Waals surface area contributed by atoms with E-state index in [0.717, 1.165) is 19.3 Å². The van der Waals surface area contributed by atoms with Gasteiger partial charge < -0.3 is 14.6 Å². The fourth-order valence-corrected chi connectivity index (χ4v) is 2.73. The minimum atomic E-state index is -0.928. The topological polar surface area (TPSA) is 72.8 Å². The molecule has 0 radical (unpaired) electrons. The molecule has 5 nitrogen and oxygen atoms in total. The van der Waals surface area contributed by atoms with E-state index in [1.165, 1.54) is 44.9 Å². The lowest BCUT2D eigenvalue weighted by molar-refractivity contribution is -0.159. The Balaban J connectivity index is 4.08. The van der Waals surface area contributed by atoms with Crippen molar-refractivity contribution in [3.05, 3.63) is 0 Å². The van der Waals surface area contributed by atoms with Crippen LogP contribution in [0.5, 0.6) is 0 Å². The predicted molar refractivity (Wildman–Crippen MR) is 140 cm³/mol. The summed E-state index contributed by atoms with van der Waals surface area (Å²) >= 11 is 0. The van der Waals surface area contributed by atoms with Crippen molar-refractivity contribution in [3.63, 3.8) is 0 Å². The highest BCUT2D eigenvalue weighted by molar-refractivity contribution is 5.89. The molecule has 0 aliphatic carbocycles. The average Bonchev–Trinajstić information content (AvgIpc) is 2.88. The number of carbonyl (C=O) groups excluding carboxylic acids is 2. The van der Waals surface area contributed by atoms with Gasteiger partial charge in [0.15, 0.2) is 6.10 Å². The van der Waals surface area contributed by atoms with Crippen LogP contribution in [0, 0.1) is 83.4 Å². The molecule has 5 heteroatoms. The molecule has 0 saturated heterocycles. The Morgan fingerprint density at radius 3 is 1.69 bits per heavy atom. The maximum Gasteiger partial charge on any atom is 0.385 e. The number of aliphatic hydroxyl groups is 1. The van der Waals surface area contributed by atoms with Gasteiger partial charge in [-0.2, -0.15) is 0 Å². The quantitative estimate of drug-likeness (QED) is 0.167. The Bertz CT molecular complexity index is 1090. The van der Waals surface area contributed by atoms with Gasteiger partial charge in [-0.25, -0.2) is 4.79 Å². The fraction of sp³-hybridized carbons (Fsp3) is 0.484. The van der Waals surface area contributed by atoms with Gasteiger partial charge in [0.1, 0.15) is 6.61 Å². The van der Waals surface area contributed by atoms with E-state index in [9.17, 15) is 14.7 Å². The number of ether oxygens (including phenoxy) is 2. The largest absolute Gasteiger partial charge is 0.456 e. The molecule has 0 amide bonds. The number of rotatable bonds is 15. The summed E-state index contributed by atoms with van der Waals surface area (Å²) in [5.41, 5.74) is 0. The molecular formula is C31H32O5. The average molecular weight is 485 g/mol. The summed E-state index contributed by atoms with van der Waals surface area (Å²) in [7, 11) is 0. The van der Waals surface area contributed by atoms with E-state index in [-0.39, 0.29) is 13.0 Å². The number of terminal acetylenes is 1. The van der Waals surface area contributed by atoms with Crippen LogP contribution in [0.2, 0.25) is 0 Å². The highest BCUT2D eigenvalue weighted by atomic mass is 16.6. The molecule has 0 saturated carbocycles. The third kappa shape index (κ3) is 23.0. The van der Waals surface area contributed by atoms with E-state index in [2.05, 4.69) is 83.9 Å². The van der Waals surface area contributed by atoms with Crippen LogP contribution in [-0.4, -0.2) is 36.4 Å². The van der Waals surface area contributed by atoms with Gasteiger partial charge in [-0.15, -0.1) is 6.42 Å². The maximum absolute atomic E-state index is 11.9. The van der Waals surface area contributed by atoms with E-state index < -0.39 is 24.6 Å². The molecule has 1 N–H and O–H groups in total. The fourth-order valence-electron chi connectivity index (χ4n) is 2.73. The minimum Gasteiger partial charge on any atom is -0.456 e. The van der Waals surface area contributed by atoms with Crippen LogP contribution >= 0.6 is 0 Å². The monoisotopic (exact) mass is 484 g/mol. The third-order valence-electron chi connectivity index (χ3n) is 4.50. The number of unbranched alkanes of at least 4 members (excludes halogenated alkanes) is 9. The number of aliphatic hydroxyl groups excluding tert-OH is 1. The Labute approximate surface area is 216 Å². The molecule has 0 fully saturated rings. The van der Waals surface area contributed by atoms with E-state index in [1.807, 2.05) is 0 Å². The van der Waals surface area contributed by atoms with Crippen molar-refractivity contribution in [1.29, 1.82) is 0 Å². The molecule has 0 spiro atoms. The van der Waals surface area contributed by atoms with E-state index in [1.54, 1.807) is 0 Å². The Morgan fingerprint density at radius 1 is 0.722 bits per heavy atom. The van der Waals surface area contributed by atoms with Gasteiger partial charge in [-0.1, -0.05) is 64.7 Å². The lowest BCUT2D eigenvalue weighted by atomic mass is 10.1. The van der Waals surface area contributed by atoms with E-state index in [0.29, 0.717) is 0 Å². The minimum absolute atomic E-state index is 0.272. The van der Waals surface area contributed by atoms with Crippen molar-refractivity contribution in [2.75, 3.05) is 13.2 Å². The Kier molecular flexibility index (Phi) is 22.5. The third-order valence-corrected chi connectivity index (χ3v) is 4.50. The summed E-state index contributed by atoms with van der Waals surface area (Å²) in [4.78, 5) is 23.5. The normalized spacial score (nSPS) is 9.03. The summed E-state index contributed by atoms with van der Waals surface area (Å²) < 4.78 is 10.0. The zero-order valence-electron chi connectivity index (χ0n) is 20.9. The Hall–Kier alpha value is -4.18. The molecule has 0 rings (SSSR count). The zero-order chi connectivity index (χ0) is 26.5. The lowest BCUT2D eigenvalue weighted by Gasteiger charge is -2.14. The molecule has 0 aromatic heterocycles. The molecule has 0 unspecified atom stereocenters. The van der Waals surface area contributed by atoms with Crippen LogP contribution in [0.4, 0.5) is 0 Å². The van der Waals surface area contributed by atoms with Crippen molar-refractivity contribution in [3.8, 4) is 83.4 Å². The van der Waals surface area contributed by atoms with Gasteiger partial charge in [0.05, 0.1) is 6.61 Å². The first-order valence-electron chi connectivity index (χ1n) is 12.1. The van der Waals surface area contributed by atoms with Crippen LogP contribution in [0.1, 0.15) is 77.6 Å². The van der Waals surface area contributed by atoms with Gasteiger partial charge in [-0.3, -0.25) is 4.79 Å². The summed E-state index contributed by atoms with van der Waals surface area (Å²) in [6.45, 7) is 1.47. The molecule has 0 aromatic carbocycles. The number of hydrogen-bond acceptors (Lipinski definition) is 5. The predicted octanol–water partition coefficient (Wildman–Crippen LogP) is 3.40. The number of carbonyl (C=O) groups is 2. The van der Waals surface area contributed by atoms with E-state index >= 15 is 0 Å². The second-order valence-corrected chi connectivity index (χ2v) is 7.47. The van der Waals surface area contributed by atoms with Crippen molar-refractivity contribution in [1.82, 2.24) is 0 Å². The molecule has 0 aliphatic heterocycles. The summed E-state index contributed by atoms with van der Waals surface area (Å²) in [5, 5.41) is 9.35. The Morgan fingerprint density at radius 2 is 1.19 bits per heavy atom. The first-order valence-corrected chi connectivity index (χ1v) is 12.1. The molecular weight excluding hydrogens is 452 g/mol. The van der Waals surface area contributed by atoms with Gasteiger partial charge >= 0.3 is 11.9 Å². The highest BCUT2D eigenvalue weighted by Gasteiger charge is 2.15. The summed E-state index contributed by atoms with van der Waals surface area (Å²) in [5.74, 6) is 29.3. The molecule has 0 heterocycles. The molecule has 1 atom stereocenters. The standard InChI is InChI=1S/C31H32O5/c1-3-5-7-9-11-13-15-16-18-19-21-23-25-30(33)35-28-29(27-32)36-31(34)26-24-22-20-17-14-12-10-8-6-4-2/h1,29,32H,4,6,8,10,12,14,17,20,22,24,26-28H2,2H3/t29-/m0/s1. The second kappa shape index (κ2) is 25.4. The summed E-state index contributed by atoms with van der Waals surface area (Å²) in [6, 6.07) is 0. The molecule has 0 aromatic rings. The number of hydrogen-bond donors (Lipinski definition) is 1. The highest BCUT2D eigenvalue weighted by Crippen LogP contribution is 2.11. The van der Waals surface area contributed by atoms with Gasteiger partial charge in [-0.05, 0) is 77.5 Å². The second-order valence-electron chi connectivity index (χ2n) is 7.47. The first kappa shape index (κ1) is 31.8. The van der Waals surface area contributed by atoms with Crippen molar-refractivity contribution < 1.29 is 24.2 Å². The molecule has 186 valence electrons. The molecule has 0 aliphatic rings. The van der Waals surface area contributed by atoms with E-state index in [4.69, 9.17) is 15.9 Å². The van der Waals surface area contributed by atoms with Crippen molar-refractivity contribution >= 4 is 11.9 Å². The number of esters is 2. The van der Waals surface area contributed by atoms with Crippen LogP contribution in [0.3, 0.4) is 0 Å².